The Morgan fingerprint density at radius 3 is 2.76 bits per heavy atom. The number of halogens is 1. The molecule has 1 aromatic heterocycles. The number of nitrogen functional groups attached to an aromatic ring is 1. The summed E-state index contributed by atoms with van der Waals surface area (Å²) in [5, 5.41) is 3.33. The molecular formula is C12H16ClN3O. The van der Waals surface area contributed by atoms with Crippen LogP contribution >= 0.6 is 11.6 Å². The first-order valence-electron chi connectivity index (χ1n) is 5.75. The van der Waals surface area contributed by atoms with E-state index in [1.807, 2.05) is 0 Å². The summed E-state index contributed by atoms with van der Waals surface area (Å²) in [6.45, 7) is 2.05. The number of aromatic nitrogens is 1. The minimum atomic E-state index is -0.244. The van der Waals surface area contributed by atoms with Crippen LogP contribution in [-0.4, -0.2) is 16.4 Å². The van der Waals surface area contributed by atoms with Crippen LogP contribution < -0.4 is 11.1 Å². The Kier molecular flexibility index (Phi) is 3.24. The van der Waals surface area contributed by atoms with E-state index in [-0.39, 0.29) is 17.1 Å². The first kappa shape index (κ1) is 12.2. The maximum Gasteiger partial charge on any atom is 0.271 e. The zero-order chi connectivity index (χ0) is 12.5. The van der Waals surface area contributed by atoms with Crippen LogP contribution in [0.15, 0.2) is 12.1 Å². The van der Waals surface area contributed by atoms with Crippen LogP contribution in [0.2, 0.25) is 5.02 Å². The van der Waals surface area contributed by atoms with Gasteiger partial charge in [0.1, 0.15) is 11.5 Å². The van der Waals surface area contributed by atoms with E-state index in [2.05, 4.69) is 17.2 Å². The fourth-order valence-corrected chi connectivity index (χ4v) is 2.42. The van der Waals surface area contributed by atoms with Crippen LogP contribution in [0.25, 0.3) is 0 Å². The maximum absolute atomic E-state index is 12.1. The lowest BCUT2D eigenvalue weighted by atomic mass is 10.0. The van der Waals surface area contributed by atoms with E-state index in [9.17, 15) is 4.79 Å². The third-order valence-electron chi connectivity index (χ3n) is 3.21. The molecule has 0 aromatic carbocycles. The van der Waals surface area contributed by atoms with Crippen molar-refractivity contribution in [2.45, 2.75) is 38.1 Å². The van der Waals surface area contributed by atoms with E-state index in [4.69, 9.17) is 17.3 Å². The fraction of sp³-hybridized carbons (Fsp3) is 0.500. The molecule has 0 atom stereocenters. The van der Waals surface area contributed by atoms with Crippen LogP contribution in [0.5, 0.6) is 0 Å². The highest BCUT2D eigenvalue weighted by Crippen LogP contribution is 2.29. The van der Waals surface area contributed by atoms with Crippen molar-refractivity contribution >= 4 is 23.3 Å². The Bertz CT molecular complexity index is 441. The lowest BCUT2D eigenvalue weighted by Gasteiger charge is -2.25. The van der Waals surface area contributed by atoms with E-state index >= 15 is 0 Å². The Morgan fingerprint density at radius 2 is 2.12 bits per heavy atom. The second-order valence-corrected chi connectivity index (χ2v) is 5.20. The Labute approximate surface area is 106 Å². The SMILES string of the molecule is CC1(NC(=O)c2nc(N)ccc2Cl)CCCC1. The Balaban J connectivity index is 2.17. The molecular weight excluding hydrogens is 238 g/mol. The number of hydrogen-bond donors (Lipinski definition) is 2. The van der Waals surface area contributed by atoms with Gasteiger partial charge in [-0.25, -0.2) is 4.98 Å². The summed E-state index contributed by atoms with van der Waals surface area (Å²) in [7, 11) is 0. The highest BCUT2D eigenvalue weighted by Gasteiger charge is 2.31. The molecule has 1 aromatic rings. The van der Waals surface area contributed by atoms with Gasteiger partial charge in [-0.3, -0.25) is 4.79 Å². The van der Waals surface area contributed by atoms with Crippen molar-refractivity contribution in [1.82, 2.24) is 10.3 Å². The molecule has 0 radical (unpaired) electrons. The summed E-state index contributed by atoms with van der Waals surface area (Å²) >= 11 is 5.94. The van der Waals surface area contributed by atoms with Crippen molar-refractivity contribution in [2.24, 2.45) is 0 Å². The molecule has 0 spiro atoms. The molecule has 1 amide bonds. The molecule has 1 heterocycles. The average Bonchev–Trinajstić information content (AvgIpc) is 2.68. The van der Waals surface area contributed by atoms with Crippen molar-refractivity contribution in [2.75, 3.05) is 5.73 Å². The van der Waals surface area contributed by atoms with Crippen molar-refractivity contribution < 1.29 is 4.79 Å². The number of nitrogens with two attached hydrogens (primary N) is 1. The van der Waals surface area contributed by atoms with Crippen molar-refractivity contribution in [1.29, 1.82) is 0 Å². The fourth-order valence-electron chi connectivity index (χ4n) is 2.23. The summed E-state index contributed by atoms with van der Waals surface area (Å²) in [5.41, 5.74) is 5.63. The molecule has 5 heteroatoms. The van der Waals surface area contributed by atoms with Gasteiger partial charge in [-0.1, -0.05) is 24.4 Å². The van der Waals surface area contributed by atoms with Crippen LogP contribution in [0.4, 0.5) is 5.82 Å². The monoisotopic (exact) mass is 253 g/mol. The van der Waals surface area contributed by atoms with E-state index in [0.29, 0.717) is 10.8 Å². The van der Waals surface area contributed by atoms with Crippen molar-refractivity contribution in [3.8, 4) is 0 Å². The maximum atomic E-state index is 12.1. The Hall–Kier alpha value is -1.29. The summed E-state index contributed by atoms with van der Waals surface area (Å²) in [6, 6.07) is 3.17. The van der Waals surface area contributed by atoms with Gasteiger partial charge in [0.15, 0.2) is 0 Å². The van der Waals surface area contributed by atoms with Gasteiger partial charge in [0, 0.05) is 5.54 Å². The molecule has 1 aliphatic rings. The number of carbonyl (C=O) groups is 1. The van der Waals surface area contributed by atoms with E-state index in [1.165, 1.54) is 0 Å². The van der Waals surface area contributed by atoms with E-state index in [0.717, 1.165) is 25.7 Å². The van der Waals surface area contributed by atoms with Crippen molar-refractivity contribution in [3.63, 3.8) is 0 Å². The third-order valence-corrected chi connectivity index (χ3v) is 3.51. The quantitative estimate of drug-likeness (QED) is 0.850. The smallest absolute Gasteiger partial charge is 0.271 e. The summed E-state index contributed by atoms with van der Waals surface area (Å²) in [4.78, 5) is 16.0. The lowest BCUT2D eigenvalue weighted by Crippen LogP contribution is -2.44. The van der Waals surface area contributed by atoms with Gasteiger partial charge in [0.05, 0.1) is 5.02 Å². The van der Waals surface area contributed by atoms with Gasteiger partial charge in [-0.2, -0.15) is 0 Å². The molecule has 1 fully saturated rings. The molecule has 17 heavy (non-hydrogen) atoms. The molecule has 1 aliphatic carbocycles. The second kappa shape index (κ2) is 4.53. The van der Waals surface area contributed by atoms with Crippen molar-refractivity contribution in [3.05, 3.63) is 22.8 Å². The number of anilines is 1. The zero-order valence-electron chi connectivity index (χ0n) is 9.79. The van der Waals surface area contributed by atoms with Gasteiger partial charge >= 0.3 is 0 Å². The number of rotatable bonds is 2. The molecule has 4 nitrogen and oxygen atoms in total. The third kappa shape index (κ3) is 2.69. The van der Waals surface area contributed by atoms with Gasteiger partial charge in [0.25, 0.3) is 5.91 Å². The standard InChI is InChI=1S/C12H16ClN3O/c1-12(6-2-3-7-12)16-11(17)10-8(13)4-5-9(14)15-10/h4-5H,2-3,6-7H2,1H3,(H2,14,15)(H,16,17). The first-order chi connectivity index (χ1) is 8.00. The molecule has 0 unspecified atom stereocenters. The van der Waals surface area contributed by atoms with Crippen LogP contribution in [0, 0.1) is 0 Å². The predicted molar refractivity (Wildman–Crippen MR) is 68.0 cm³/mol. The first-order valence-corrected chi connectivity index (χ1v) is 6.12. The highest BCUT2D eigenvalue weighted by molar-refractivity contribution is 6.33. The van der Waals surface area contributed by atoms with E-state index in [1.54, 1.807) is 12.1 Å². The normalized spacial score (nSPS) is 18.0. The molecule has 2 rings (SSSR count). The molecule has 1 saturated carbocycles. The molecule has 0 bridgehead atoms. The average molecular weight is 254 g/mol. The predicted octanol–water partition coefficient (Wildman–Crippen LogP) is 2.38. The molecule has 0 saturated heterocycles. The second-order valence-electron chi connectivity index (χ2n) is 4.79. The van der Waals surface area contributed by atoms with Crippen LogP contribution in [0.3, 0.4) is 0 Å². The van der Waals surface area contributed by atoms with E-state index < -0.39 is 0 Å². The topological polar surface area (TPSA) is 68.0 Å². The summed E-state index contributed by atoms with van der Waals surface area (Å²) in [5.74, 6) is 0.0582. The summed E-state index contributed by atoms with van der Waals surface area (Å²) in [6.07, 6.45) is 4.29. The van der Waals surface area contributed by atoms with Gasteiger partial charge < -0.3 is 11.1 Å². The number of nitrogens with zero attached hydrogens (tertiary/aromatic N) is 1. The molecule has 92 valence electrons. The Morgan fingerprint density at radius 1 is 1.47 bits per heavy atom. The molecule has 0 aliphatic heterocycles. The highest BCUT2D eigenvalue weighted by atomic mass is 35.5. The number of nitrogens with one attached hydrogen (secondary N) is 1. The molecule has 3 N–H and O–H groups in total. The van der Waals surface area contributed by atoms with Gasteiger partial charge in [-0.05, 0) is 31.9 Å². The minimum Gasteiger partial charge on any atom is -0.384 e. The minimum absolute atomic E-state index is 0.132. The van der Waals surface area contributed by atoms with Crippen LogP contribution in [0.1, 0.15) is 43.1 Å². The number of hydrogen-bond acceptors (Lipinski definition) is 3. The van der Waals surface area contributed by atoms with Crippen LogP contribution in [-0.2, 0) is 0 Å². The largest absolute Gasteiger partial charge is 0.384 e. The number of pyridine rings is 1. The van der Waals surface area contributed by atoms with Gasteiger partial charge in [-0.15, -0.1) is 0 Å². The number of amides is 1. The zero-order valence-corrected chi connectivity index (χ0v) is 10.5. The lowest BCUT2D eigenvalue weighted by molar-refractivity contribution is 0.0903. The summed E-state index contributed by atoms with van der Waals surface area (Å²) < 4.78 is 0. The number of carbonyl (C=O) groups excluding carboxylic acids is 1. The van der Waals surface area contributed by atoms with Gasteiger partial charge in [0.2, 0.25) is 0 Å².